The summed E-state index contributed by atoms with van der Waals surface area (Å²) in [7, 11) is 1.22. The molecule has 0 N–H and O–H groups in total. The van der Waals surface area contributed by atoms with E-state index in [2.05, 4.69) is 4.90 Å². The van der Waals surface area contributed by atoms with Crippen molar-refractivity contribution in [3.63, 3.8) is 0 Å². The Kier molecular flexibility index (Phi) is 7.16. The van der Waals surface area contributed by atoms with Crippen molar-refractivity contribution < 1.29 is 31.5 Å². The maximum Gasteiger partial charge on any atom is 0.416 e. The second-order valence-corrected chi connectivity index (χ2v) is 9.28. The van der Waals surface area contributed by atoms with Crippen molar-refractivity contribution in [2.75, 3.05) is 43.1 Å². The van der Waals surface area contributed by atoms with Crippen LogP contribution in [0.4, 0.5) is 39.0 Å². The van der Waals surface area contributed by atoms with Crippen molar-refractivity contribution >= 4 is 29.0 Å². The van der Waals surface area contributed by atoms with Crippen LogP contribution in [-0.4, -0.2) is 50.1 Å². The molecule has 0 saturated carbocycles. The van der Waals surface area contributed by atoms with Gasteiger partial charge in [0.25, 0.3) is 0 Å². The Labute approximate surface area is 221 Å². The lowest BCUT2D eigenvalue weighted by Crippen LogP contribution is -2.55. The lowest BCUT2D eigenvalue weighted by molar-refractivity contribution is -0.141. The minimum atomic E-state index is -4.59. The van der Waals surface area contributed by atoms with Crippen molar-refractivity contribution in [1.82, 2.24) is 4.90 Å². The number of piperazine rings is 1. The molecule has 11 heteroatoms. The standard InChI is InChI=1S/C28H25F5N4O2/c1-39-26(38)17-25-23-16-20(30)7-10-24(23)34-27(37(25)22-4-2-3-18(15-22)28(31,32)33)36-13-11-35(12-14-36)21-8-5-19(29)6-9-21/h2-10,15-16,25H,11-14,17H2,1H3. The number of anilines is 2. The molecule has 0 aromatic heterocycles. The number of aliphatic imine (C=N–C) groups is 1. The number of nitrogens with zero attached hydrogens (tertiary/aromatic N) is 4. The average Bonchev–Trinajstić information content (AvgIpc) is 2.93. The SMILES string of the molecule is COC(=O)CC1c2cc(F)ccc2N=C(N2CCN(c3ccc(F)cc3)CC2)N1c1cccc(C(F)(F)F)c1. The van der Waals surface area contributed by atoms with Crippen LogP contribution in [0.2, 0.25) is 0 Å². The highest BCUT2D eigenvalue weighted by Gasteiger charge is 2.38. The monoisotopic (exact) mass is 544 g/mol. The summed E-state index contributed by atoms with van der Waals surface area (Å²) < 4.78 is 73.6. The smallest absolute Gasteiger partial charge is 0.416 e. The summed E-state index contributed by atoms with van der Waals surface area (Å²) in [5.41, 5.74) is 0.937. The number of hydrogen-bond acceptors (Lipinski definition) is 6. The van der Waals surface area contributed by atoms with Gasteiger partial charge in [-0.2, -0.15) is 13.2 Å². The van der Waals surface area contributed by atoms with Crippen LogP contribution in [0.15, 0.2) is 71.7 Å². The molecule has 3 aromatic rings. The van der Waals surface area contributed by atoms with Crippen LogP contribution < -0.4 is 9.80 Å². The third-order valence-electron chi connectivity index (χ3n) is 6.89. The number of guanidine groups is 1. The Morgan fingerprint density at radius 1 is 0.897 bits per heavy atom. The summed E-state index contributed by atoms with van der Waals surface area (Å²) in [5.74, 6) is -1.15. The van der Waals surface area contributed by atoms with E-state index >= 15 is 0 Å². The third-order valence-corrected chi connectivity index (χ3v) is 6.89. The first kappa shape index (κ1) is 26.5. The quantitative estimate of drug-likeness (QED) is 0.302. The van der Waals surface area contributed by atoms with Crippen LogP contribution in [0.3, 0.4) is 0 Å². The second-order valence-electron chi connectivity index (χ2n) is 9.28. The van der Waals surface area contributed by atoms with Gasteiger partial charge in [-0.15, -0.1) is 0 Å². The zero-order chi connectivity index (χ0) is 27.7. The fourth-order valence-corrected chi connectivity index (χ4v) is 4.94. The lowest BCUT2D eigenvalue weighted by atomic mass is 9.97. The summed E-state index contributed by atoms with van der Waals surface area (Å²) in [6.07, 6.45) is -4.83. The summed E-state index contributed by atoms with van der Waals surface area (Å²) in [5, 5.41) is 0. The number of carbonyl (C=O) groups excluding carboxylic acids is 1. The topological polar surface area (TPSA) is 48.4 Å². The van der Waals surface area contributed by atoms with Gasteiger partial charge in [0.05, 0.1) is 30.8 Å². The van der Waals surface area contributed by atoms with Crippen molar-refractivity contribution in [2.24, 2.45) is 4.99 Å². The molecule has 1 unspecified atom stereocenters. The Morgan fingerprint density at radius 2 is 1.56 bits per heavy atom. The molecule has 39 heavy (non-hydrogen) atoms. The first-order valence-electron chi connectivity index (χ1n) is 12.3. The van der Waals surface area contributed by atoms with E-state index in [9.17, 15) is 26.7 Å². The molecular weight excluding hydrogens is 519 g/mol. The fourth-order valence-electron chi connectivity index (χ4n) is 4.94. The van der Waals surface area contributed by atoms with E-state index < -0.39 is 29.6 Å². The van der Waals surface area contributed by atoms with Crippen LogP contribution in [0.5, 0.6) is 0 Å². The third kappa shape index (κ3) is 5.52. The predicted octanol–water partition coefficient (Wildman–Crippen LogP) is 5.92. The number of alkyl halides is 3. The van der Waals surface area contributed by atoms with Gasteiger partial charge in [-0.1, -0.05) is 6.07 Å². The van der Waals surface area contributed by atoms with Gasteiger partial charge in [-0.05, 0) is 60.7 Å². The van der Waals surface area contributed by atoms with Crippen LogP contribution in [0, 0.1) is 11.6 Å². The van der Waals surface area contributed by atoms with Gasteiger partial charge in [0.1, 0.15) is 11.6 Å². The number of fused-ring (bicyclic) bond motifs is 1. The molecule has 0 spiro atoms. The molecule has 2 aliphatic heterocycles. The lowest BCUT2D eigenvalue weighted by Gasteiger charge is -2.45. The number of rotatable bonds is 4. The summed E-state index contributed by atoms with van der Waals surface area (Å²) in [6.45, 7) is 1.98. The van der Waals surface area contributed by atoms with Gasteiger partial charge in [0.2, 0.25) is 5.96 Å². The van der Waals surface area contributed by atoms with E-state index in [4.69, 9.17) is 9.73 Å². The van der Waals surface area contributed by atoms with Crippen molar-refractivity contribution in [1.29, 1.82) is 0 Å². The largest absolute Gasteiger partial charge is 0.469 e. The van der Waals surface area contributed by atoms with Gasteiger partial charge in [-0.3, -0.25) is 4.79 Å². The Balaban J connectivity index is 1.56. The number of halogens is 5. The minimum absolute atomic E-state index is 0.161. The molecule has 3 aromatic carbocycles. The van der Waals surface area contributed by atoms with Crippen LogP contribution in [0.1, 0.15) is 23.6 Å². The summed E-state index contributed by atoms with van der Waals surface area (Å²) in [6, 6.07) is 14.0. The van der Waals surface area contributed by atoms with Gasteiger partial charge in [0.15, 0.2) is 0 Å². The van der Waals surface area contributed by atoms with E-state index in [0.29, 0.717) is 43.4 Å². The van der Waals surface area contributed by atoms with E-state index in [1.165, 1.54) is 49.6 Å². The van der Waals surface area contributed by atoms with Crippen LogP contribution in [-0.2, 0) is 15.7 Å². The molecule has 204 valence electrons. The Hall–Kier alpha value is -4.15. The molecule has 5 rings (SSSR count). The molecule has 1 fully saturated rings. The Bertz CT molecular complexity index is 1390. The maximum atomic E-state index is 14.3. The molecule has 0 amide bonds. The Morgan fingerprint density at radius 3 is 2.23 bits per heavy atom. The predicted molar refractivity (Wildman–Crippen MR) is 137 cm³/mol. The molecule has 1 atom stereocenters. The van der Waals surface area contributed by atoms with Gasteiger partial charge < -0.3 is 19.4 Å². The summed E-state index contributed by atoms with van der Waals surface area (Å²) in [4.78, 5) is 22.8. The van der Waals surface area contributed by atoms with E-state index in [0.717, 1.165) is 17.8 Å². The summed E-state index contributed by atoms with van der Waals surface area (Å²) >= 11 is 0. The molecule has 1 saturated heterocycles. The maximum absolute atomic E-state index is 14.3. The van der Waals surface area contributed by atoms with Crippen molar-refractivity contribution in [3.05, 3.63) is 89.5 Å². The van der Waals surface area contributed by atoms with E-state index in [1.54, 1.807) is 17.0 Å². The molecule has 6 nitrogen and oxygen atoms in total. The number of methoxy groups -OCH3 is 1. The van der Waals surface area contributed by atoms with Crippen LogP contribution >= 0.6 is 0 Å². The average molecular weight is 545 g/mol. The highest BCUT2D eigenvalue weighted by atomic mass is 19.4. The number of esters is 1. The first-order chi connectivity index (χ1) is 18.6. The zero-order valence-electron chi connectivity index (χ0n) is 21.0. The van der Waals surface area contributed by atoms with Crippen LogP contribution in [0.25, 0.3) is 0 Å². The molecular formula is C28H25F5N4O2. The minimum Gasteiger partial charge on any atom is -0.469 e. The molecule has 0 bridgehead atoms. The fraction of sp³-hybridized carbons (Fsp3) is 0.286. The van der Waals surface area contributed by atoms with E-state index in [-0.39, 0.29) is 17.9 Å². The highest BCUT2D eigenvalue weighted by Crippen LogP contribution is 2.42. The van der Waals surface area contributed by atoms with Gasteiger partial charge in [0, 0.05) is 43.1 Å². The van der Waals surface area contributed by atoms with Gasteiger partial charge >= 0.3 is 12.1 Å². The number of carbonyl (C=O) groups is 1. The molecule has 2 aliphatic rings. The zero-order valence-corrected chi connectivity index (χ0v) is 21.0. The van der Waals surface area contributed by atoms with Gasteiger partial charge in [-0.25, -0.2) is 13.8 Å². The number of hydrogen-bond donors (Lipinski definition) is 0. The number of benzene rings is 3. The van der Waals surface area contributed by atoms with Crippen molar-refractivity contribution in [3.8, 4) is 0 Å². The number of ether oxygens (including phenoxy) is 1. The molecule has 0 aliphatic carbocycles. The first-order valence-corrected chi connectivity index (χ1v) is 12.3. The highest BCUT2D eigenvalue weighted by molar-refractivity contribution is 6.01. The van der Waals surface area contributed by atoms with E-state index in [1.807, 2.05) is 4.90 Å². The van der Waals surface area contributed by atoms with Crippen molar-refractivity contribution in [2.45, 2.75) is 18.6 Å². The normalized spacial score (nSPS) is 17.5. The molecule has 2 heterocycles. The second kappa shape index (κ2) is 10.5. The molecule has 0 radical (unpaired) electrons.